The van der Waals surface area contributed by atoms with E-state index in [0.29, 0.717) is 6.54 Å². The molecule has 1 aromatic heterocycles. The van der Waals surface area contributed by atoms with Crippen LogP contribution in [0, 0.1) is 5.92 Å². The number of ether oxygens (including phenoxy) is 2. The summed E-state index contributed by atoms with van der Waals surface area (Å²) >= 11 is 0. The Morgan fingerprint density at radius 3 is 2.65 bits per heavy atom. The average molecular weight is 374 g/mol. The number of amides is 1. The molecular weight excluding hydrogens is 349 g/mol. The highest BCUT2D eigenvalue weighted by Gasteiger charge is 2.37. The van der Waals surface area contributed by atoms with Crippen LogP contribution in [0.2, 0.25) is 0 Å². The molecule has 1 aliphatic heterocycles. The lowest BCUT2D eigenvalue weighted by Crippen LogP contribution is -2.50. The molecule has 0 aliphatic carbocycles. The van der Waals surface area contributed by atoms with Gasteiger partial charge in [0.05, 0.1) is 6.61 Å². The number of aromatic nitrogens is 1. The Morgan fingerprint density at radius 1 is 1.35 bits per heavy atom. The second kappa shape index (κ2) is 7.72. The summed E-state index contributed by atoms with van der Waals surface area (Å²) in [6, 6.07) is 2.47. The van der Waals surface area contributed by atoms with Crippen LogP contribution in [0.25, 0.3) is 0 Å². The third-order valence-electron chi connectivity index (χ3n) is 4.27. The SMILES string of the molecule is CC1C(COc2cccnc2C(F)(F)F)CCCN1C(=O)OC(C)(C)C. The standard InChI is InChI=1S/C18H25F3N2O3/c1-12-13(7-6-10-23(12)16(24)26-17(2,3)4)11-25-14-8-5-9-22-15(14)18(19,20)21/h5,8-9,12-13H,6-7,10-11H2,1-4H3. The summed E-state index contributed by atoms with van der Waals surface area (Å²) in [6.07, 6.45) is -2.38. The fraction of sp³-hybridized carbons (Fsp3) is 0.667. The van der Waals surface area contributed by atoms with Gasteiger partial charge in [-0.25, -0.2) is 9.78 Å². The lowest BCUT2D eigenvalue weighted by Gasteiger charge is -2.39. The second-order valence-electron chi connectivity index (χ2n) is 7.48. The van der Waals surface area contributed by atoms with Crippen LogP contribution in [0.15, 0.2) is 18.3 Å². The van der Waals surface area contributed by atoms with E-state index in [1.807, 2.05) is 6.92 Å². The third-order valence-corrected chi connectivity index (χ3v) is 4.27. The van der Waals surface area contributed by atoms with Crippen LogP contribution >= 0.6 is 0 Å². The molecule has 1 saturated heterocycles. The van der Waals surface area contributed by atoms with Crippen LogP contribution in [-0.4, -0.2) is 40.8 Å². The first-order valence-corrected chi connectivity index (χ1v) is 8.63. The fourth-order valence-electron chi connectivity index (χ4n) is 2.94. The van der Waals surface area contributed by atoms with Crippen LogP contribution in [0.4, 0.5) is 18.0 Å². The van der Waals surface area contributed by atoms with Crippen LogP contribution < -0.4 is 4.74 Å². The van der Waals surface area contributed by atoms with Gasteiger partial charge in [0.1, 0.15) is 11.4 Å². The second-order valence-corrected chi connectivity index (χ2v) is 7.48. The molecule has 0 N–H and O–H groups in total. The van der Waals surface area contributed by atoms with E-state index in [1.165, 1.54) is 12.1 Å². The van der Waals surface area contributed by atoms with Crippen molar-refractivity contribution in [3.8, 4) is 5.75 Å². The Kier molecular flexibility index (Phi) is 6.03. The van der Waals surface area contributed by atoms with Crippen LogP contribution in [0.3, 0.4) is 0 Å². The van der Waals surface area contributed by atoms with Gasteiger partial charge in [-0.2, -0.15) is 13.2 Å². The number of halogens is 3. The lowest BCUT2D eigenvalue weighted by molar-refractivity contribution is -0.142. The van der Waals surface area contributed by atoms with E-state index < -0.39 is 23.6 Å². The monoisotopic (exact) mass is 374 g/mol. The first-order valence-electron chi connectivity index (χ1n) is 8.63. The average Bonchev–Trinajstić information content (AvgIpc) is 2.51. The minimum atomic E-state index is -4.57. The molecular formula is C18H25F3N2O3. The molecule has 0 aromatic carbocycles. The van der Waals surface area contributed by atoms with Crippen molar-refractivity contribution in [2.24, 2.45) is 5.92 Å². The van der Waals surface area contributed by atoms with Crippen molar-refractivity contribution < 1.29 is 27.4 Å². The number of piperidine rings is 1. The molecule has 2 unspecified atom stereocenters. The van der Waals surface area contributed by atoms with Gasteiger partial charge in [0.2, 0.25) is 0 Å². The zero-order chi connectivity index (χ0) is 19.5. The van der Waals surface area contributed by atoms with Gasteiger partial charge < -0.3 is 14.4 Å². The van der Waals surface area contributed by atoms with Gasteiger partial charge in [-0.3, -0.25) is 0 Å². The Hall–Kier alpha value is -1.99. The van der Waals surface area contributed by atoms with Crippen molar-refractivity contribution in [1.29, 1.82) is 0 Å². The van der Waals surface area contributed by atoms with E-state index in [2.05, 4.69) is 4.98 Å². The van der Waals surface area contributed by atoms with E-state index in [4.69, 9.17) is 9.47 Å². The predicted molar refractivity (Wildman–Crippen MR) is 89.9 cm³/mol. The van der Waals surface area contributed by atoms with E-state index >= 15 is 0 Å². The van der Waals surface area contributed by atoms with Crippen molar-refractivity contribution in [3.63, 3.8) is 0 Å². The zero-order valence-electron chi connectivity index (χ0n) is 15.5. The van der Waals surface area contributed by atoms with Crippen LogP contribution in [0.1, 0.15) is 46.2 Å². The number of carbonyl (C=O) groups is 1. The molecule has 0 radical (unpaired) electrons. The molecule has 1 amide bonds. The summed E-state index contributed by atoms with van der Waals surface area (Å²) < 4.78 is 49.9. The minimum absolute atomic E-state index is 0.0786. The number of rotatable bonds is 3. The van der Waals surface area contributed by atoms with Gasteiger partial charge in [0.25, 0.3) is 0 Å². The minimum Gasteiger partial charge on any atom is -0.491 e. The van der Waals surface area contributed by atoms with E-state index in [0.717, 1.165) is 19.0 Å². The Morgan fingerprint density at radius 2 is 2.04 bits per heavy atom. The summed E-state index contributed by atoms with van der Waals surface area (Å²) in [6.45, 7) is 7.89. The summed E-state index contributed by atoms with van der Waals surface area (Å²) in [5.41, 5.74) is -1.63. The van der Waals surface area contributed by atoms with Gasteiger partial charge >= 0.3 is 12.3 Å². The van der Waals surface area contributed by atoms with E-state index in [1.54, 1.807) is 25.7 Å². The largest absolute Gasteiger partial charge is 0.491 e. The fourth-order valence-corrected chi connectivity index (χ4v) is 2.94. The molecule has 1 aromatic rings. The maximum atomic E-state index is 13.0. The topological polar surface area (TPSA) is 51.7 Å². The number of alkyl halides is 3. The molecule has 0 bridgehead atoms. The maximum absolute atomic E-state index is 13.0. The molecule has 0 saturated carbocycles. The Labute approximate surface area is 151 Å². The van der Waals surface area contributed by atoms with Crippen molar-refractivity contribution >= 4 is 6.09 Å². The number of carbonyl (C=O) groups excluding carboxylic acids is 1. The highest BCUT2D eigenvalue weighted by atomic mass is 19.4. The molecule has 2 heterocycles. The summed E-state index contributed by atoms with van der Waals surface area (Å²) in [5.74, 6) is -0.376. The summed E-state index contributed by atoms with van der Waals surface area (Å²) in [7, 11) is 0. The molecule has 5 nitrogen and oxygen atoms in total. The number of hydrogen-bond acceptors (Lipinski definition) is 4. The van der Waals surface area contributed by atoms with E-state index in [-0.39, 0.29) is 24.3 Å². The highest BCUT2D eigenvalue weighted by molar-refractivity contribution is 5.68. The van der Waals surface area contributed by atoms with Gasteiger partial charge in [0, 0.05) is 24.7 Å². The van der Waals surface area contributed by atoms with Gasteiger partial charge in [0.15, 0.2) is 5.69 Å². The first kappa shape index (κ1) is 20.3. The number of likely N-dealkylation sites (tertiary alicyclic amines) is 1. The normalized spacial score (nSPS) is 21.4. The van der Waals surface area contributed by atoms with Crippen LogP contribution in [-0.2, 0) is 10.9 Å². The number of nitrogens with zero attached hydrogens (tertiary/aromatic N) is 2. The maximum Gasteiger partial charge on any atom is 0.437 e. The Balaban J connectivity index is 2.03. The third kappa shape index (κ3) is 5.25. The molecule has 26 heavy (non-hydrogen) atoms. The van der Waals surface area contributed by atoms with E-state index in [9.17, 15) is 18.0 Å². The number of pyridine rings is 1. The van der Waals surface area contributed by atoms with Crippen LogP contribution in [0.5, 0.6) is 5.75 Å². The quantitative estimate of drug-likeness (QED) is 0.781. The lowest BCUT2D eigenvalue weighted by atomic mass is 9.91. The molecule has 2 atom stereocenters. The van der Waals surface area contributed by atoms with Crippen molar-refractivity contribution in [1.82, 2.24) is 9.88 Å². The van der Waals surface area contributed by atoms with Gasteiger partial charge in [-0.15, -0.1) is 0 Å². The molecule has 0 spiro atoms. The van der Waals surface area contributed by atoms with Gasteiger partial charge in [-0.1, -0.05) is 0 Å². The first-order chi connectivity index (χ1) is 12.0. The summed E-state index contributed by atoms with van der Waals surface area (Å²) in [4.78, 5) is 17.3. The predicted octanol–water partition coefficient (Wildman–Crippen LogP) is 4.51. The summed E-state index contributed by atoms with van der Waals surface area (Å²) in [5, 5.41) is 0. The van der Waals surface area contributed by atoms with Crippen molar-refractivity contribution in [3.05, 3.63) is 24.0 Å². The molecule has 8 heteroatoms. The number of hydrogen-bond donors (Lipinski definition) is 0. The molecule has 146 valence electrons. The molecule has 2 rings (SSSR count). The van der Waals surface area contributed by atoms with Gasteiger partial charge in [-0.05, 0) is 52.7 Å². The van der Waals surface area contributed by atoms with Crippen molar-refractivity contribution in [2.45, 2.75) is 58.4 Å². The smallest absolute Gasteiger partial charge is 0.437 e. The Bertz CT molecular complexity index is 629. The zero-order valence-corrected chi connectivity index (χ0v) is 15.5. The highest BCUT2D eigenvalue weighted by Crippen LogP contribution is 2.35. The van der Waals surface area contributed by atoms with Crippen molar-refractivity contribution in [2.75, 3.05) is 13.2 Å². The molecule has 1 fully saturated rings. The molecule has 1 aliphatic rings.